The van der Waals surface area contributed by atoms with E-state index in [4.69, 9.17) is 14.3 Å². The van der Waals surface area contributed by atoms with E-state index >= 15 is 0 Å². The maximum Gasteiger partial charge on any atom is 0.267 e. The quantitative estimate of drug-likeness (QED) is 0.512. The van der Waals surface area contributed by atoms with Gasteiger partial charge in [-0.1, -0.05) is 21.1 Å². The number of carbonyl (C=O) groups is 1. The first-order valence-corrected chi connectivity index (χ1v) is 8.89. The van der Waals surface area contributed by atoms with Crippen LogP contribution in [0.15, 0.2) is 52.1 Å². The SMILES string of the molecule is CCOc1ccc(/C=N/OC(C)C(=O)Nc2ccc(Br)cc2)cc1OC. The molecule has 0 fully saturated rings. The van der Waals surface area contributed by atoms with Gasteiger partial charge in [-0.3, -0.25) is 4.79 Å². The second-order valence-electron chi connectivity index (χ2n) is 5.32. The Labute approximate surface area is 161 Å². The molecule has 0 heterocycles. The number of benzene rings is 2. The molecule has 0 aliphatic rings. The van der Waals surface area contributed by atoms with Gasteiger partial charge in [-0.15, -0.1) is 0 Å². The Hall–Kier alpha value is -2.54. The van der Waals surface area contributed by atoms with Gasteiger partial charge in [-0.2, -0.15) is 0 Å². The lowest BCUT2D eigenvalue weighted by molar-refractivity contribution is -0.126. The summed E-state index contributed by atoms with van der Waals surface area (Å²) >= 11 is 3.35. The van der Waals surface area contributed by atoms with Crippen LogP contribution in [0.25, 0.3) is 0 Å². The molecule has 6 nitrogen and oxygen atoms in total. The van der Waals surface area contributed by atoms with Crippen LogP contribution in [0.5, 0.6) is 11.5 Å². The molecule has 0 saturated carbocycles. The van der Waals surface area contributed by atoms with Gasteiger partial charge in [0.1, 0.15) is 0 Å². The Morgan fingerprint density at radius 1 is 1.23 bits per heavy atom. The molecule has 0 radical (unpaired) electrons. The van der Waals surface area contributed by atoms with Gasteiger partial charge in [0.05, 0.1) is 19.9 Å². The molecule has 2 aromatic rings. The molecule has 0 spiro atoms. The lowest BCUT2D eigenvalue weighted by Gasteiger charge is -2.11. The number of ether oxygens (including phenoxy) is 2. The van der Waals surface area contributed by atoms with E-state index in [1.807, 2.05) is 25.1 Å². The van der Waals surface area contributed by atoms with E-state index in [1.165, 1.54) is 6.21 Å². The van der Waals surface area contributed by atoms with Gasteiger partial charge in [0.25, 0.3) is 5.91 Å². The van der Waals surface area contributed by atoms with E-state index in [1.54, 1.807) is 38.3 Å². The maximum atomic E-state index is 12.1. The molecule has 0 aromatic heterocycles. The molecule has 26 heavy (non-hydrogen) atoms. The molecule has 0 aliphatic carbocycles. The van der Waals surface area contributed by atoms with Gasteiger partial charge in [-0.25, -0.2) is 0 Å². The molecule has 0 saturated heterocycles. The van der Waals surface area contributed by atoms with Crippen molar-refractivity contribution in [3.8, 4) is 11.5 Å². The predicted octanol–water partition coefficient (Wildman–Crippen LogP) is 4.23. The summed E-state index contributed by atoms with van der Waals surface area (Å²) in [5.41, 5.74) is 1.46. The van der Waals surface area contributed by atoms with E-state index in [9.17, 15) is 4.79 Å². The smallest absolute Gasteiger partial charge is 0.267 e. The number of hydrogen-bond acceptors (Lipinski definition) is 5. The first-order valence-electron chi connectivity index (χ1n) is 8.10. The molecule has 7 heteroatoms. The zero-order valence-electron chi connectivity index (χ0n) is 14.9. The highest BCUT2D eigenvalue weighted by Crippen LogP contribution is 2.27. The third-order valence-corrected chi connectivity index (χ3v) is 3.92. The third-order valence-electron chi connectivity index (χ3n) is 3.39. The number of methoxy groups -OCH3 is 1. The van der Waals surface area contributed by atoms with E-state index in [0.717, 1.165) is 10.0 Å². The average Bonchev–Trinajstić information content (AvgIpc) is 2.64. The normalized spacial score (nSPS) is 11.8. The highest BCUT2D eigenvalue weighted by Gasteiger charge is 2.14. The number of nitrogens with zero attached hydrogens (tertiary/aromatic N) is 1. The lowest BCUT2D eigenvalue weighted by atomic mass is 10.2. The molecule has 2 aromatic carbocycles. The summed E-state index contributed by atoms with van der Waals surface area (Å²) in [7, 11) is 1.57. The minimum absolute atomic E-state index is 0.284. The Morgan fingerprint density at radius 3 is 2.62 bits per heavy atom. The van der Waals surface area contributed by atoms with Crippen LogP contribution in [0.3, 0.4) is 0 Å². The van der Waals surface area contributed by atoms with Crippen LogP contribution < -0.4 is 14.8 Å². The fourth-order valence-electron chi connectivity index (χ4n) is 2.05. The average molecular weight is 421 g/mol. The van der Waals surface area contributed by atoms with Gasteiger partial charge in [-0.05, 0) is 56.3 Å². The van der Waals surface area contributed by atoms with Gasteiger partial charge in [0.2, 0.25) is 6.10 Å². The van der Waals surface area contributed by atoms with Crippen molar-refractivity contribution in [3.05, 3.63) is 52.5 Å². The minimum atomic E-state index is -0.737. The van der Waals surface area contributed by atoms with Crippen molar-refractivity contribution in [2.45, 2.75) is 20.0 Å². The van der Waals surface area contributed by atoms with Gasteiger partial charge >= 0.3 is 0 Å². The van der Waals surface area contributed by atoms with Crippen LogP contribution in [-0.4, -0.2) is 31.9 Å². The minimum Gasteiger partial charge on any atom is -0.493 e. The summed E-state index contributed by atoms with van der Waals surface area (Å²) in [6.45, 7) is 4.09. The van der Waals surface area contributed by atoms with Crippen molar-refractivity contribution in [2.75, 3.05) is 19.0 Å². The molecule has 0 aliphatic heterocycles. The lowest BCUT2D eigenvalue weighted by Crippen LogP contribution is -2.26. The van der Waals surface area contributed by atoms with Crippen molar-refractivity contribution in [3.63, 3.8) is 0 Å². The molecular formula is C19H21BrN2O4. The van der Waals surface area contributed by atoms with Crippen LogP contribution in [0.4, 0.5) is 5.69 Å². The number of amides is 1. The topological polar surface area (TPSA) is 69.2 Å². The molecule has 1 unspecified atom stereocenters. The number of carbonyl (C=O) groups excluding carboxylic acids is 1. The summed E-state index contributed by atoms with van der Waals surface area (Å²) in [5, 5.41) is 6.64. The van der Waals surface area contributed by atoms with Crippen LogP contribution in [-0.2, 0) is 9.63 Å². The fourth-order valence-corrected chi connectivity index (χ4v) is 2.31. The summed E-state index contributed by atoms with van der Waals surface area (Å²) < 4.78 is 11.7. The van der Waals surface area contributed by atoms with Crippen LogP contribution in [0.2, 0.25) is 0 Å². The van der Waals surface area contributed by atoms with Gasteiger partial charge in [0.15, 0.2) is 11.5 Å². The predicted molar refractivity (Wildman–Crippen MR) is 105 cm³/mol. The first-order chi connectivity index (χ1) is 12.5. The number of oxime groups is 1. The summed E-state index contributed by atoms with van der Waals surface area (Å²) in [6, 6.07) is 12.7. The van der Waals surface area contributed by atoms with Crippen molar-refractivity contribution in [1.82, 2.24) is 0 Å². The van der Waals surface area contributed by atoms with Crippen LogP contribution in [0, 0.1) is 0 Å². The van der Waals surface area contributed by atoms with E-state index in [-0.39, 0.29) is 5.91 Å². The van der Waals surface area contributed by atoms with Gasteiger partial charge < -0.3 is 19.6 Å². The second-order valence-corrected chi connectivity index (χ2v) is 6.24. The standard InChI is InChI=1S/C19H21BrN2O4/c1-4-25-17-10-5-14(11-18(17)24-3)12-21-26-13(2)19(23)22-16-8-6-15(20)7-9-16/h5-13H,4H2,1-3H3,(H,22,23)/b21-12+. The second kappa shape index (κ2) is 9.82. The summed E-state index contributed by atoms with van der Waals surface area (Å²) in [4.78, 5) is 17.3. The number of hydrogen-bond donors (Lipinski definition) is 1. The summed E-state index contributed by atoms with van der Waals surface area (Å²) in [5.74, 6) is 0.987. The number of rotatable bonds is 8. The monoisotopic (exact) mass is 420 g/mol. The van der Waals surface area contributed by atoms with E-state index in [2.05, 4.69) is 26.4 Å². The van der Waals surface area contributed by atoms with Crippen LogP contribution in [0.1, 0.15) is 19.4 Å². The number of anilines is 1. The molecule has 0 bridgehead atoms. The van der Waals surface area contributed by atoms with Crippen molar-refractivity contribution in [2.24, 2.45) is 5.16 Å². The highest BCUT2D eigenvalue weighted by molar-refractivity contribution is 9.10. The maximum absolute atomic E-state index is 12.1. The zero-order valence-corrected chi connectivity index (χ0v) is 16.4. The highest BCUT2D eigenvalue weighted by atomic mass is 79.9. The first kappa shape index (κ1) is 19.8. The molecule has 1 N–H and O–H groups in total. The van der Waals surface area contributed by atoms with E-state index in [0.29, 0.717) is 23.8 Å². The molecular weight excluding hydrogens is 400 g/mol. The number of nitrogens with one attached hydrogen (secondary N) is 1. The molecule has 138 valence electrons. The Morgan fingerprint density at radius 2 is 1.96 bits per heavy atom. The fraction of sp³-hybridized carbons (Fsp3) is 0.263. The number of halogens is 1. The molecule has 1 atom stereocenters. The third kappa shape index (κ3) is 5.77. The molecule has 2 rings (SSSR count). The van der Waals surface area contributed by atoms with Crippen molar-refractivity contribution in [1.29, 1.82) is 0 Å². The Bertz CT molecular complexity index is 763. The van der Waals surface area contributed by atoms with E-state index < -0.39 is 6.10 Å². The Balaban J connectivity index is 1.92. The Kier molecular flexibility index (Phi) is 7.47. The van der Waals surface area contributed by atoms with Crippen LogP contribution >= 0.6 is 15.9 Å². The molecule has 1 amide bonds. The zero-order chi connectivity index (χ0) is 18.9. The largest absolute Gasteiger partial charge is 0.493 e. The summed E-state index contributed by atoms with van der Waals surface area (Å²) in [6.07, 6.45) is 0.779. The van der Waals surface area contributed by atoms with Crippen molar-refractivity contribution < 1.29 is 19.1 Å². The van der Waals surface area contributed by atoms with Gasteiger partial charge in [0, 0.05) is 15.7 Å². The van der Waals surface area contributed by atoms with Crippen molar-refractivity contribution >= 4 is 33.7 Å².